The lowest BCUT2D eigenvalue weighted by molar-refractivity contribution is -0.141. The topological polar surface area (TPSA) is 35.5 Å². The first-order valence-electron chi connectivity index (χ1n) is 4.28. The Hall–Kier alpha value is -1.29. The summed E-state index contributed by atoms with van der Waals surface area (Å²) >= 11 is 5.70. The molecule has 0 amide bonds. The standard InChI is InChI=1S/C10H10ClFO3/c1-14-10(13)4-5-15-9-3-2-7(12)6-8(9)11/h2-3,6H,4-5H2,1H3. The Kier molecular flexibility index (Phi) is 4.37. The molecule has 1 rings (SSSR count). The molecule has 5 heteroatoms. The molecule has 1 aromatic rings. The van der Waals surface area contributed by atoms with E-state index in [1.807, 2.05) is 0 Å². The number of ether oxygens (including phenoxy) is 2. The van der Waals surface area contributed by atoms with Gasteiger partial charge in [-0.15, -0.1) is 0 Å². The summed E-state index contributed by atoms with van der Waals surface area (Å²) in [7, 11) is 1.30. The molecule has 0 heterocycles. The van der Waals surface area contributed by atoms with Crippen LogP contribution < -0.4 is 4.74 Å². The molecule has 0 unspecified atom stereocenters. The first-order chi connectivity index (χ1) is 7.13. The number of carbonyl (C=O) groups is 1. The van der Waals surface area contributed by atoms with Crippen molar-refractivity contribution in [2.45, 2.75) is 6.42 Å². The van der Waals surface area contributed by atoms with Gasteiger partial charge in [-0.3, -0.25) is 4.79 Å². The minimum Gasteiger partial charge on any atom is -0.491 e. The van der Waals surface area contributed by atoms with Gasteiger partial charge in [0, 0.05) is 0 Å². The second-order valence-electron chi connectivity index (χ2n) is 2.75. The van der Waals surface area contributed by atoms with Crippen LogP contribution in [0.5, 0.6) is 5.75 Å². The van der Waals surface area contributed by atoms with Gasteiger partial charge in [0.25, 0.3) is 0 Å². The number of hydrogen-bond acceptors (Lipinski definition) is 3. The predicted molar refractivity (Wildman–Crippen MR) is 53.5 cm³/mol. The summed E-state index contributed by atoms with van der Waals surface area (Å²) in [4.78, 5) is 10.7. The number of hydrogen-bond donors (Lipinski definition) is 0. The first kappa shape index (κ1) is 11.8. The summed E-state index contributed by atoms with van der Waals surface area (Å²) in [6.45, 7) is 0.151. The van der Waals surface area contributed by atoms with Crippen LogP contribution >= 0.6 is 11.6 Å². The smallest absolute Gasteiger partial charge is 0.308 e. The van der Waals surface area contributed by atoms with Crippen LogP contribution in [0.15, 0.2) is 18.2 Å². The molecule has 0 fully saturated rings. The summed E-state index contributed by atoms with van der Waals surface area (Å²) < 4.78 is 22.2. The molecule has 82 valence electrons. The zero-order chi connectivity index (χ0) is 11.3. The van der Waals surface area contributed by atoms with E-state index in [1.165, 1.54) is 19.2 Å². The van der Waals surface area contributed by atoms with Gasteiger partial charge in [-0.05, 0) is 18.2 Å². The van der Waals surface area contributed by atoms with Gasteiger partial charge < -0.3 is 9.47 Å². The van der Waals surface area contributed by atoms with Crippen LogP contribution in [-0.2, 0) is 9.53 Å². The Bertz CT molecular complexity index is 355. The fraction of sp³-hybridized carbons (Fsp3) is 0.300. The maximum absolute atomic E-state index is 12.6. The Labute approximate surface area is 91.7 Å². The van der Waals surface area contributed by atoms with Gasteiger partial charge in [0.05, 0.1) is 25.2 Å². The van der Waals surface area contributed by atoms with Crippen molar-refractivity contribution >= 4 is 17.6 Å². The van der Waals surface area contributed by atoms with Gasteiger partial charge in [-0.1, -0.05) is 11.6 Å². The maximum Gasteiger partial charge on any atom is 0.308 e. The SMILES string of the molecule is COC(=O)CCOc1ccc(F)cc1Cl. The van der Waals surface area contributed by atoms with Crippen molar-refractivity contribution in [2.24, 2.45) is 0 Å². The van der Waals surface area contributed by atoms with Crippen molar-refractivity contribution in [1.82, 2.24) is 0 Å². The van der Waals surface area contributed by atoms with Crippen LogP contribution in [0.1, 0.15) is 6.42 Å². The Morgan fingerprint density at radius 2 is 2.27 bits per heavy atom. The lowest BCUT2D eigenvalue weighted by atomic mass is 10.3. The van der Waals surface area contributed by atoms with Crippen molar-refractivity contribution in [1.29, 1.82) is 0 Å². The van der Waals surface area contributed by atoms with E-state index in [9.17, 15) is 9.18 Å². The molecule has 0 radical (unpaired) electrons. The van der Waals surface area contributed by atoms with Crippen LogP contribution in [0.3, 0.4) is 0 Å². The molecule has 0 aromatic heterocycles. The first-order valence-corrected chi connectivity index (χ1v) is 4.66. The van der Waals surface area contributed by atoms with E-state index in [0.29, 0.717) is 5.75 Å². The average molecular weight is 233 g/mol. The van der Waals surface area contributed by atoms with Gasteiger partial charge in [0.15, 0.2) is 0 Å². The molecule has 0 aliphatic heterocycles. The molecule has 0 saturated carbocycles. The quantitative estimate of drug-likeness (QED) is 0.748. The van der Waals surface area contributed by atoms with Crippen molar-refractivity contribution in [3.8, 4) is 5.75 Å². The highest BCUT2D eigenvalue weighted by atomic mass is 35.5. The summed E-state index contributed by atoms with van der Waals surface area (Å²) in [6.07, 6.45) is 0.129. The van der Waals surface area contributed by atoms with E-state index in [-0.39, 0.29) is 24.0 Å². The third kappa shape index (κ3) is 3.75. The number of benzene rings is 1. The minimum atomic E-state index is -0.430. The molecule has 0 bridgehead atoms. The molecule has 0 aliphatic carbocycles. The molecule has 1 aromatic carbocycles. The van der Waals surface area contributed by atoms with E-state index in [4.69, 9.17) is 16.3 Å². The van der Waals surface area contributed by atoms with E-state index in [2.05, 4.69) is 4.74 Å². The van der Waals surface area contributed by atoms with Crippen molar-refractivity contribution in [2.75, 3.05) is 13.7 Å². The fourth-order valence-corrected chi connectivity index (χ4v) is 1.16. The van der Waals surface area contributed by atoms with Gasteiger partial charge in [-0.2, -0.15) is 0 Å². The van der Waals surface area contributed by atoms with Crippen LogP contribution in [0.4, 0.5) is 4.39 Å². The molecule has 0 saturated heterocycles. The van der Waals surface area contributed by atoms with E-state index in [1.54, 1.807) is 0 Å². The Morgan fingerprint density at radius 1 is 1.53 bits per heavy atom. The maximum atomic E-state index is 12.6. The normalized spacial score (nSPS) is 9.80. The lowest BCUT2D eigenvalue weighted by Gasteiger charge is -2.06. The summed E-state index contributed by atoms with van der Waals surface area (Å²) in [5.41, 5.74) is 0. The summed E-state index contributed by atoms with van der Waals surface area (Å²) in [5, 5.41) is 0.180. The number of carbonyl (C=O) groups excluding carboxylic acids is 1. The molecule has 3 nitrogen and oxygen atoms in total. The van der Waals surface area contributed by atoms with Crippen LogP contribution in [0.2, 0.25) is 5.02 Å². The largest absolute Gasteiger partial charge is 0.491 e. The molecule has 0 N–H and O–H groups in total. The highest BCUT2D eigenvalue weighted by Crippen LogP contribution is 2.24. The highest BCUT2D eigenvalue weighted by molar-refractivity contribution is 6.32. The fourth-order valence-electron chi connectivity index (χ4n) is 0.939. The van der Waals surface area contributed by atoms with Crippen molar-refractivity contribution < 1.29 is 18.7 Å². The second kappa shape index (κ2) is 5.56. The molecule has 0 spiro atoms. The molecule has 0 atom stereocenters. The third-order valence-corrected chi connectivity index (χ3v) is 1.98. The molecule has 15 heavy (non-hydrogen) atoms. The van der Waals surface area contributed by atoms with Crippen LogP contribution in [0, 0.1) is 5.82 Å². The number of esters is 1. The zero-order valence-corrected chi connectivity index (χ0v) is 8.88. The van der Waals surface area contributed by atoms with Crippen molar-refractivity contribution in [3.63, 3.8) is 0 Å². The predicted octanol–water partition coefficient (Wildman–Crippen LogP) is 2.42. The van der Waals surface area contributed by atoms with Gasteiger partial charge in [-0.25, -0.2) is 4.39 Å². The highest BCUT2D eigenvalue weighted by Gasteiger charge is 2.05. The van der Waals surface area contributed by atoms with Gasteiger partial charge >= 0.3 is 5.97 Å². The minimum absolute atomic E-state index is 0.129. The lowest BCUT2D eigenvalue weighted by Crippen LogP contribution is -2.07. The number of halogens is 2. The zero-order valence-electron chi connectivity index (χ0n) is 8.13. The molecular formula is C10H10ClFO3. The van der Waals surface area contributed by atoms with Gasteiger partial charge in [0.1, 0.15) is 11.6 Å². The van der Waals surface area contributed by atoms with E-state index >= 15 is 0 Å². The van der Waals surface area contributed by atoms with Gasteiger partial charge in [0.2, 0.25) is 0 Å². The Morgan fingerprint density at radius 3 is 2.87 bits per heavy atom. The summed E-state index contributed by atoms with van der Waals surface area (Å²) in [5.74, 6) is -0.449. The molecular weight excluding hydrogens is 223 g/mol. The Balaban J connectivity index is 2.47. The number of rotatable bonds is 4. The monoisotopic (exact) mass is 232 g/mol. The summed E-state index contributed by atoms with van der Waals surface area (Å²) in [6, 6.07) is 3.79. The van der Waals surface area contributed by atoms with Crippen LogP contribution in [0.25, 0.3) is 0 Å². The van der Waals surface area contributed by atoms with Crippen LogP contribution in [-0.4, -0.2) is 19.7 Å². The van der Waals surface area contributed by atoms with E-state index < -0.39 is 5.82 Å². The second-order valence-corrected chi connectivity index (χ2v) is 3.16. The number of methoxy groups -OCH3 is 1. The average Bonchev–Trinajstić information content (AvgIpc) is 2.21. The third-order valence-electron chi connectivity index (χ3n) is 1.69. The van der Waals surface area contributed by atoms with E-state index in [0.717, 1.165) is 6.07 Å². The molecule has 0 aliphatic rings. The van der Waals surface area contributed by atoms with Crippen molar-refractivity contribution in [3.05, 3.63) is 29.0 Å².